The molecule has 2 heterocycles. The first-order valence-electron chi connectivity index (χ1n) is 6.94. The topological polar surface area (TPSA) is 64.0 Å². The molecule has 110 valence electrons. The van der Waals surface area contributed by atoms with E-state index in [9.17, 15) is 9.59 Å². The van der Waals surface area contributed by atoms with E-state index in [4.69, 9.17) is 0 Å². The van der Waals surface area contributed by atoms with Crippen LogP contribution >= 0.6 is 0 Å². The molecule has 1 amide bonds. The summed E-state index contributed by atoms with van der Waals surface area (Å²) in [5, 5.41) is 2.78. The van der Waals surface area contributed by atoms with E-state index in [0.717, 1.165) is 24.2 Å². The SMILES string of the molecule is Cc1ccc(C(=O)NCCCc2ccccn2)c(=O)n1C. The molecule has 0 atom stereocenters. The lowest BCUT2D eigenvalue weighted by molar-refractivity contribution is 0.0951. The molecule has 5 nitrogen and oxygen atoms in total. The van der Waals surface area contributed by atoms with E-state index in [1.54, 1.807) is 25.4 Å². The zero-order valence-electron chi connectivity index (χ0n) is 12.3. The molecule has 5 heteroatoms. The fraction of sp³-hybridized carbons (Fsp3) is 0.312. The maximum absolute atomic E-state index is 12.0. The Morgan fingerprint density at radius 3 is 2.81 bits per heavy atom. The summed E-state index contributed by atoms with van der Waals surface area (Å²) in [6.07, 6.45) is 3.34. The molecular weight excluding hydrogens is 266 g/mol. The average molecular weight is 285 g/mol. The first kappa shape index (κ1) is 15.0. The van der Waals surface area contributed by atoms with E-state index in [2.05, 4.69) is 10.3 Å². The van der Waals surface area contributed by atoms with Crippen LogP contribution in [0.2, 0.25) is 0 Å². The van der Waals surface area contributed by atoms with E-state index < -0.39 is 0 Å². The molecule has 2 rings (SSSR count). The van der Waals surface area contributed by atoms with Crippen molar-refractivity contribution < 1.29 is 4.79 Å². The van der Waals surface area contributed by atoms with Crippen molar-refractivity contribution in [1.29, 1.82) is 0 Å². The molecule has 2 aromatic rings. The van der Waals surface area contributed by atoms with Crippen molar-refractivity contribution in [2.45, 2.75) is 19.8 Å². The number of rotatable bonds is 5. The van der Waals surface area contributed by atoms with Gasteiger partial charge in [-0.15, -0.1) is 0 Å². The average Bonchev–Trinajstić information content (AvgIpc) is 2.50. The number of aryl methyl sites for hydroxylation is 2. The maximum Gasteiger partial charge on any atom is 0.263 e. The number of carbonyl (C=O) groups excluding carboxylic acids is 1. The highest BCUT2D eigenvalue weighted by molar-refractivity contribution is 5.93. The van der Waals surface area contributed by atoms with Crippen molar-refractivity contribution in [3.8, 4) is 0 Å². The van der Waals surface area contributed by atoms with E-state index in [1.165, 1.54) is 4.57 Å². The van der Waals surface area contributed by atoms with Crippen molar-refractivity contribution in [2.24, 2.45) is 7.05 Å². The molecular formula is C16H19N3O2. The van der Waals surface area contributed by atoms with Crippen LogP contribution in [0, 0.1) is 6.92 Å². The van der Waals surface area contributed by atoms with Crippen LogP contribution in [0.1, 0.15) is 28.2 Å². The minimum Gasteiger partial charge on any atom is -0.352 e. The first-order chi connectivity index (χ1) is 10.1. The lowest BCUT2D eigenvalue weighted by Gasteiger charge is -2.08. The molecule has 0 saturated heterocycles. The maximum atomic E-state index is 12.0. The zero-order valence-corrected chi connectivity index (χ0v) is 12.3. The molecule has 0 aliphatic heterocycles. The molecule has 0 bridgehead atoms. The van der Waals surface area contributed by atoms with Gasteiger partial charge in [-0.1, -0.05) is 6.07 Å². The minimum absolute atomic E-state index is 0.181. The Balaban J connectivity index is 1.88. The predicted octanol–water partition coefficient (Wildman–Crippen LogP) is 1.45. The molecule has 0 fully saturated rings. The van der Waals surface area contributed by atoms with Gasteiger partial charge in [-0.25, -0.2) is 0 Å². The van der Waals surface area contributed by atoms with Crippen molar-refractivity contribution in [2.75, 3.05) is 6.54 Å². The fourth-order valence-corrected chi connectivity index (χ4v) is 2.01. The molecule has 0 unspecified atom stereocenters. The summed E-state index contributed by atoms with van der Waals surface area (Å²) in [5.41, 5.74) is 1.74. The number of nitrogens with one attached hydrogen (secondary N) is 1. The summed E-state index contributed by atoms with van der Waals surface area (Å²) >= 11 is 0. The Labute approximate surface area is 123 Å². The molecule has 0 radical (unpaired) electrons. The van der Waals surface area contributed by atoms with Gasteiger partial charge in [-0.2, -0.15) is 0 Å². The van der Waals surface area contributed by atoms with E-state index in [0.29, 0.717) is 6.54 Å². The van der Waals surface area contributed by atoms with Crippen molar-refractivity contribution in [1.82, 2.24) is 14.9 Å². The quantitative estimate of drug-likeness (QED) is 0.846. The van der Waals surface area contributed by atoms with Gasteiger partial charge >= 0.3 is 0 Å². The monoisotopic (exact) mass is 285 g/mol. The van der Waals surface area contributed by atoms with E-state index in [-0.39, 0.29) is 17.0 Å². The Morgan fingerprint density at radius 2 is 2.10 bits per heavy atom. The number of aromatic nitrogens is 2. The standard InChI is InChI=1S/C16H19N3O2/c1-12-8-9-14(16(21)19(12)2)15(20)18-11-5-7-13-6-3-4-10-17-13/h3-4,6,8-10H,5,7,11H2,1-2H3,(H,18,20). The molecule has 0 aliphatic rings. The van der Waals surface area contributed by atoms with Gasteiger partial charge in [-0.05, 0) is 44.0 Å². The van der Waals surface area contributed by atoms with Crippen LogP contribution in [0.25, 0.3) is 0 Å². The van der Waals surface area contributed by atoms with Crippen molar-refractivity contribution in [3.05, 3.63) is 63.8 Å². The second-order valence-corrected chi connectivity index (χ2v) is 4.93. The molecule has 2 aromatic heterocycles. The Hall–Kier alpha value is -2.43. The summed E-state index contributed by atoms with van der Waals surface area (Å²) < 4.78 is 1.48. The first-order valence-corrected chi connectivity index (χ1v) is 6.94. The predicted molar refractivity (Wildman–Crippen MR) is 81.3 cm³/mol. The van der Waals surface area contributed by atoms with Crippen LogP contribution in [0.5, 0.6) is 0 Å². The molecule has 0 saturated carbocycles. The normalized spacial score (nSPS) is 10.4. The highest BCUT2D eigenvalue weighted by Crippen LogP contribution is 1.99. The lowest BCUT2D eigenvalue weighted by Crippen LogP contribution is -2.33. The number of hydrogen-bond donors (Lipinski definition) is 1. The van der Waals surface area contributed by atoms with Crippen LogP contribution in [0.15, 0.2) is 41.3 Å². The van der Waals surface area contributed by atoms with Crippen molar-refractivity contribution >= 4 is 5.91 Å². The third-order valence-corrected chi connectivity index (χ3v) is 3.42. The highest BCUT2D eigenvalue weighted by Gasteiger charge is 2.11. The summed E-state index contributed by atoms with van der Waals surface area (Å²) in [7, 11) is 1.66. The summed E-state index contributed by atoms with van der Waals surface area (Å²) in [6, 6.07) is 9.11. The van der Waals surface area contributed by atoms with Crippen LogP contribution in [0.4, 0.5) is 0 Å². The molecule has 0 spiro atoms. The molecule has 0 aliphatic carbocycles. The third kappa shape index (κ3) is 3.78. The second-order valence-electron chi connectivity index (χ2n) is 4.93. The number of pyridine rings is 2. The number of amides is 1. The summed E-state index contributed by atoms with van der Waals surface area (Å²) in [6.45, 7) is 2.35. The van der Waals surface area contributed by atoms with Crippen LogP contribution in [-0.2, 0) is 13.5 Å². The van der Waals surface area contributed by atoms with Gasteiger partial charge < -0.3 is 9.88 Å². The van der Waals surface area contributed by atoms with Gasteiger partial charge in [0.2, 0.25) is 0 Å². The number of nitrogens with zero attached hydrogens (tertiary/aromatic N) is 2. The summed E-state index contributed by atoms with van der Waals surface area (Å²) in [5.74, 6) is -0.323. The van der Waals surface area contributed by atoms with Crippen LogP contribution in [0.3, 0.4) is 0 Å². The number of hydrogen-bond acceptors (Lipinski definition) is 3. The second kappa shape index (κ2) is 6.83. The van der Waals surface area contributed by atoms with Gasteiger partial charge in [0.05, 0.1) is 0 Å². The van der Waals surface area contributed by atoms with Gasteiger partial charge in [0, 0.05) is 31.2 Å². The summed E-state index contributed by atoms with van der Waals surface area (Å²) in [4.78, 5) is 28.2. The van der Waals surface area contributed by atoms with E-state index >= 15 is 0 Å². The van der Waals surface area contributed by atoms with Crippen LogP contribution < -0.4 is 10.9 Å². The van der Waals surface area contributed by atoms with Gasteiger partial charge in [0.25, 0.3) is 11.5 Å². The largest absolute Gasteiger partial charge is 0.352 e. The Bertz CT molecular complexity index is 678. The van der Waals surface area contributed by atoms with E-state index in [1.807, 2.05) is 25.1 Å². The molecule has 1 N–H and O–H groups in total. The third-order valence-electron chi connectivity index (χ3n) is 3.42. The van der Waals surface area contributed by atoms with Gasteiger partial charge in [0.1, 0.15) is 5.56 Å². The Kier molecular flexibility index (Phi) is 4.87. The van der Waals surface area contributed by atoms with Gasteiger partial charge in [-0.3, -0.25) is 14.6 Å². The molecule has 0 aromatic carbocycles. The zero-order chi connectivity index (χ0) is 15.2. The van der Waals surface area contributed by atoms with Gasteiger partial charge in [0.15, 0.2) is 0 Å². The van der Waals surface area contributed by atoms with Crippen LogP contribution in [-0.4, -0.2) is 22.0 Å². The minimum atomic E-state index is -0.323. The fourth-order valence-electron chi connectivity index (χ4n) is 2.01. The Morgan fingerprint density at radius 1 is 1.29 bits per heavy atom. The molecule has 21 heavy (non-hydrogen) atoms. The van der Waals surface area contributed by atoms with Crippen molar-refractivity contribution in [3.63, 3.8) is 0 Å². The smallest absolute Gasteiger partial charge is 0.263 e. The number of carbonyl (C=O) groups is 1. The lowest BCUT2D eigenvalue weighted by atomic mass is 10.2. The highest BCUT2D eigenvalue weighted by atomic mass is 16.2.